The van der Waals surface area contributed by atoms with Crippen LogP contribution in [-0.4, -0.2) is 11.9 Å². The van der Waals surface area contributed by atoms with Crippen molar-refractivity contribution in [3.8, 4) is 0 Å². The van der Waals surface area contributed by atoms with E-state index in [1.165, 1.54) is 12.8 Å². The lowest BCUT2D eigenvalue weighted by Gasteiger charge is -2.22. The van der Waals surface area contributed by atoms with Crippen LogP contribution in [0.1, 0.15) is 19.8 Å². The van der Waals surface area contributed by atoms with Gasteiger partial charge in [-0.1, -0.05) is 6.92 Å². The van der Waals surface area contributed by atoms with Gasteiger partial charge in [-0.25, -0.2) is 0 Å². The highest BCUT2D eigenvalue weighted by Gasteiger charge is 2.57. The minimum Gasteiger partial charge on any atom is -0.353 e. The number of rotatable bonds is 0. The zero-order valence-electron chi connectivity index (χ0n) is 6.71. The quantitative estimate of drug-likeness (QED) is 0.544. The van der Waals surface area contributed by atoms with E-state index in [2.05, 4.69) is 12.2 Å². The van der Waals surface area contributed by atoms with Gasteiger partial charge in [-0.3, -0.25) is 4.79 Å². The Morgan fingerprint density at radius 3 is 2.91 bits per heavy atom. The SMILES string of the molecule is CC1C2CC3C(=O)NC1C3C2. The van der Waals surface area contributed by atoms with Crippen molar-refractivity contribution in [3.05, 3.63) is 0 Å². The van der Waals surface area contributed by atoms with Crippen LogP contribution in [0.15, 0.2) is 0 Å². The van der Waals surface area contributed by atoms with Crippen molar-refractivity contribution in [3.63, 3.8) is 0 Å². The summed E-state index contributed by atoms with van der Waals surface area (Å²) in [6, 6.07) is 0.547. The third-order valence-electron chi connectivity index (χ3n) is 4.07. The first-order valence-electron chi connectivity index (χ1n) is 4.58. The molecule has 3 rings (SSSR count). The highest BCUT2D eigenvalue weighted by molar-refractivity contribution is 5.83. The molecular formula is C9H13NO. The Morgan fingerprint density at radius 2 is 2.27 bits per heavy atom. The lowest BCUT2D eigenvalue weighted by atomic mass is 9.83. The van der Waals surface area contributed by atoms with Crippen molar-refractivity contribution in [1.29, 1.82) is 0 Å². The summed E-state index contributed by atoms with van der Waals surface area (Å²) >= 11 is 0. The molecule has 11 heavy (non-hydrogen) atoms. The highest BCUT2D eigenvalue weighted by Crippen LogP contribution is 2.54. The Hall–Kier alpha value is -0.530. The first-order valence-corrected chi connectivity index (χ1v) is 4.58. The van der Waals surface area contributed by atoms with Crippen LogP contribution in [0.5, 0.6) is 0 Å². The minimum atomic E-state index is 0.340. The number of hydrogen-bond donors (Lipinski definition) is 1. The van der Waals surface area contributed by atoms with Crippen LogP contribution < -0.4 is 5.32 Å². The summed E-state index contributed by atoms with van der Waals surface area (Å²) in [6.45, 7) is 2.29. The second kappa shape index (κ2) is 1.62. The van der Waals surface area contributed by atoms with Crippen LogP contribution in [0.4, 0.5) is 0 Å². The molecule has 0 aromatic heterocycles. The zero-order chi connectivity index (χ0) is 7.59. The third-order valence-corrected chi connectivity index (χ3v) is 4.07. The fraction of sp³-hybridized carbons (Fsp3) is 0.889. The number of carbonyl (C=O) groups is 1. The van der Waals surface area contributed by atoms with Gasteiger partial charge >= 0.3 is 0 Å². The predicted molar refractivity (Wildman–Crippen MR) is 40.8 cm³/mol. The molecule has 3 aliphatic rings. The van der Waals surface area contributed by atoms with E-state index in [1.54, 1.807) is 0 Å². The molecular weight excluding hydrogens is 138 g/mol. The molecule has 2 nitrogen and oxygen atoms in total. The lowest BCUT2D eigenvalue weighted by Crippen LogP contribution is -2.32. The van der Waals surface area contributed by atoms with Crippen molar-refractivity contribution in [2.75, 3.05) is 0 Å². The van der Waals surface area contributed by atoms with E-state index in [9.17, 15) is 4.79 Å². The molecule has 1 N–H and O–H groups in total. The molecule has 2 bridgehead atoms. The lowest BCUT2D eigenvalue weighted by molar-refractivity contribution is -0.122. The maximum atomic E-state index is 11.3. The van der Waals surface area contributed by atoms with Crippen LogP contribution >= 0.6 is 0 Å². The van der Waals surface area contributed by atoms with Gasteiger partial charge < -0.3 is 5.32 Å². The van der Waals surface area contributed by atoms with E-state index in [1.807, 2.05) is 0 Å². The number of nitrogens with one attached hydrogen (secondary N) is 1. The Morgan fingerprint density at radius 1 is 1.45 bits per heavy atom. The van der Waals surface area contributed by atoms with Crippen molar-refractivity contribution in [2.45, 2.75) is 25.8 Å². The van der Waals surface area contributed by atoms with Gasteiger partial charge in [0.1, 0.15) is 0 Å². The third kappa shape index (κ3) is 0.534. The first kappa shape index (κ1) is 6.04. The van der Waals surface area contributed by atoms with E-state index in [0.717, 1.165) is 11.8 Å². The topological polar surface area (TPSA) is 29.1 Å². The smallest absolute Gasteiger partial charge is 0.223 e. The van der Waals surface area contributed by atoms with E-state index in [4.69, 9.17) is 0 Å². The van der Waals surface area contributed by atoms with Gasteiger partial charge in [-0.2, -0.15) is 0 Å². The van der Waals surface area contributed by atoms with Crippen molar-refractivity contribution < 1.29 is 4.79 Å². The monoisotopic (exact) mass is 151 g/mol. The van der Waals surface area contributed by atoms with Crippen molar-refractivity contribution in [1.82, 2.24) is 5.32 Å². The van der Waals surface area contributed by atoms with Crippen LogP contribution in [0.25, 0.3) is 0 Å². The van der Waals surface area contributed by atoms with E-state index in [-0.39, 0.29) is 0 Å². The van der Waals surface area contributed by atoms with E-state index < -0.39 is 0 Å². The van der Waals surface area contributed by atoms with Gasteiger partial charge in [0.05, 0.1) is 0 Å². The molecule has 0 aromatic carbocycles. The molecule has 1 saturated heterocycles. The zero-order valence-corrected chi connectivity index (χ0v) is 6.71. The molecule has 60 valence electrons. The molecule has 2 saturated carbocycles. The summed E-state index contributed by atoms with van der Waals surface area (Å²) in [5.41, 5.74) is 0. The Kier molecular flexibility index (Phi) is 0.890. The predicted octanol–water partition coefficient (Wildman–Crippen LogP) is 0.777. The van der Waals surface area contributed by atoms with Crippen LogP contribution in [0.2, 0.25) is 0 Å². The summed E-state index contributed by atoms with van der Waals surface area (Å²) in [5, 5.41) is 3.12. The summed E-state index contributed by atoms with van der Waals surface area (Å²) in [7, 11) is 0. The molecule has 0 aromatic rings. The molecule has 3 fully saturated rings. The molecule has 1 aliphatic heterocycles. The molecule has 2 heteroatoms. The van der Waals surface area contributed by atoms with Crippen LogP contribution in [-0.2, 0) is 4.79 Å². The Bertz CT molecular complexity index is 226. The fourth-order valence-corrected chi connectivity index (χ4v) is 3.43. The first-order chi connectivity index (χ1) is 5.27. The van der Waals surface area contributed by atoms with Gasteiger partial charge in [0.25, 0.3) is 0 Å². The van der Waals surface area contributed by atoms with Gasteiger partial charge in [-0.15, -0.1) is 0 Å². The van der Waals surface area contributed by atoms with Gasteiger partial charge in [0.15, 0.2) is 0 Å². The van der Waals surface area contributed by atoms with Crippen LogP contribution in [0, 0.1) is 23.7 Å². The number of hydrogen-bond acceptors (Lipinski definition) is 1. The van der Waals surface area contributed by atoms with Gasteiger partial charge in [-0.05, 0) is 30.6 Å². The molecule has 1 amide bonds. The Labute approximate surface area is 66.4 Å². The van der Waals surface area contributed by atoms with E-state index >= 15 is 0 Å². The number of carbonyl (C=O) groups excluding carboxylic acids is 1. The maximum Gasteiger partial charge on any atom is 0.223 e. The maximum absolute atomic E-state index is 11.3. The van der Waals surface area contributed by atoms with Gasteiger partial charge in [0.2, 0.25) is 5.91 Å². The summed E-state index contributed by atoms with van der Waals surface area (Å²) in [6.07, 6.45) is 2.49. The summed E-state index contributed by atoms with van der Waals surface area (Å²) in [5.74, 6) is 3.06. The Balaban J connectivity index is 2.04. The molecule has 0 radical (unpaired) electrons. The normalized spacial score (nSPS) is 58.6. The van der Waals surface area contributed by atoms with Crippen molar-refractivity contribution >= 4 is 5.91 Å². The average Bonchev–Trinajstić information content (AvgIpc) is 2.53. The molecule has 5 atom stereocenters. The second-order valence-electron chi connectivity index (χ2n) is 4.40. The second-order valence-corrected chi connectivity index (χ2v) is 4.40. The molecule has 0 spiro atoms. The number of fused-ring (bicyclic) bond motifs is 1. The van der Waals surface area contributed by atoms with Gasteiger partial charge in [0, 0.05) is 12.0 Å². The van der Waals surface area contributed by atoms with E-state index in [0.29, 0.717) is 23.8 Å². The molecule has 5 unspecified atom stereocenters. The summed E-state index contributed by atoms with van der Waals surface area (Å²) < 4.78 is 0. The molecule has 2 aliphatic carbocycles. The number of amides is 1. The van der Waals surface area contributed by atoms with Crippen molar-refractivity contribution in [2.24, 2.45) is 23.7 Å². The largest absolute Gasteiger partial charge is 0.353 e. The fourth-order valence-electron chi connectivity index (χ4n) is 3.43. The summed E-state index contributed by atoms with van der Waals surface area (Å²) in [4.78, 5) is 11.3. The highest BCUT2D eigenvalue weighted by atomic mass is 16.2. The standard InChI is InChI=1S/C9H13NO/c1-4-5-2-6-7(3-5)9(11)10-8(4)6/h4-8H,2-3H2,1H3,(H,10,11). The average molecular weight is 151 g/mol. The minimum absolute atomic E-state index is 0.340. The van der Waals surface area contributed by atoms with Crippen LogP contribution in [0.3, 0.4) is 0 Å². The molecule has 1 heterocycles.